The molecule has 1 aliphatic heterocycles. The number of benzene rings is 1. The fourth-order valence-corrected chi connectivity index (χ4v) is 2.29. The van der Waals surface area contributed by atoms with Crippen molar-refractivity contribution in [2.45, 2.75) is 19.4 Å². The third-order valence-corrected chi connectivity index (χ3v) is 3.71. The van der Waals surface area contributed by atoms with E-state index in [9.17, 15) is 9.59 Å². The first-order chi connectivity index (χ1) is 11.8. The van der Waals surface area contributed by atoms with Crippen LogP contribution in [0.5, 0.6) is 0 Å². The molecular formula is C18H19N3O4. The molecule has 0 radical (unpaired) electrons. The molecule has 3 N–H and O–H groups in total. The maximum Gasteiger partial charge on any atom is 0.270 e. The molecule has 7 heteroatoms. The predicted octanol–water partition coefficient (Wildman–Crippen LogP) is 0.940. The molecule has 1 aromatic carbocycles. The van der Waals surface area contributed by atoms with Gasteiger partial charge in [-0.05, 0) is 31.5 Å². The summed E-state index contributed by atoms with van der Waals surface area (Å²) in [5.41, 5.74) is 6.75. The second-order valence-corrected chi connectivity index (χ2v) is 5.58. The van der Waals surface area contributed by atoms with Crippen LogP contribution in [0, 0.1) is 19.3 Å². The molecule has 1 saturated heterocycles. The van der Waals surface area contributed by atoms with Gasteiger partial charge in [-0.2, -0.15) is 0 Å². The molecule has 1 atom stereocenters. The van der Waals surface area contributed by atoms with Crippen molar-refractivity contribution >= 4 is 11.8 Å². The summed E-state index contributed by atoms with van der Waals surface area (Å²) >= 11 is 0. The van der Waals surface area contributed by atoms with Crippen LogP contribution < -0.4 is 5.73 Å². The minimum atomic E-state index is -0.722. The Kier molecular flexibility index (Phi) is 5.57. The predicted molar refractivity (Wildman–Crippen MR) is 91.4 cm³/mol. The van der Waals surface area contributed by atoms with Gasteiger partial charge in [-0.3, -0.25) is 9.59 Å². The number of primary amides is 1. The first-order valence-electron chi connectivity index (χ1n) is 7.60. The van der Waals surface area contributed by atoms with Crippen LogP contribution in [0.1, 0.15) is 28.2 Å². The van der Waals surface area contributed by atoms with Crippen LogP contribution in [-0.4, -0.2) is 46.5 Å². The molecule has 0 aliphatic carbocycles. The third-order valence-electron chi connectivity index (χ3n) is 3.71. The van der Waals surface area contributed by atoms with Crippen LogP contribution in [0.15, 0.2) is 28.7 Å². The van der Waals surface area contributed by atoms with E-state index in [4.69, 9.17) is 21.7 Å². The molecule has 2 amide bonds. The maximum atomic E-state index is 11.1. The largest absolute Gasteiger partial charge is 0.441 e. The zero-order valence-corrected chi connectivity index (χ0v) is 14.0. The average Bonchev–Trinajstić information content (AvgIpc) is 3.13. The number of aryl methyl sites for hydroxylation is 1. The number of hydrogen-bond acceptors (Lipinski definition) is 5. The van der Waals surface area contributed by atoms with Crippen LogP contribution in [0.3, 0.4) is 0 Å². The fraction of sp³-hybridized carbons (Fsp3) is 0.278. The number of aliphatic hydroxyl groups is 1. The first-order valence-corrected chi connectivity index (χ1v) is 7.60. The topological polar surface area (TPSA) is 110 Å². The highest BCUT2D eigenvalue weighted by molar-refractivity contribution is 5.92. The molecular weight excluding hydrogens is 322 g/mol. The lowest BCUT2D eigenvalue weighted by Gasteiger charge is -2.04. The van der Waals surface area contributed by atoms with Gasteiger partial charge >= 0.3 is 0 Å². The lowest BCUT2D eigenvalue weighted by molar-refractivity contribution is -0.133. The number of carbonyl (C=O) groups is 2. The highest BCUT2D eigenvalue weighted by Gasteiger charge is 2.26. The van der Waals surface area contributed by atoms with Crippen LogP contribution in [0.4, 0.5) is 0 Å². The lowest BCUT2D eigenvalue weighted by Crippen LogP contribution is -2.24. The molecule has 0 spiro atoms. The average molecular weight is 341 g/mol. The number of oxazole rings is 1. The summed E-state index contributed by atoms with van der Waals surface area (Å²) in [4.78, 5) is 27.2. The molecule has 3 rings (SSSR count). The number of nitrogens with zero attached hydrogens (tertiary/aromatic N) is 2. The number of nitrogens with two attached hydrogens (primary N) is 1. The Bertz CT molecular complexity index is 823. The number of aliphatic hydroxyl groups excluding tert-OH is 1. The summed E-state index contributed by atoms with van der Waals surface area (Å²) in [6.07, 6.45) is 5.18. The van der Waals surface area contributed by atoms with Crippen LogP contribution in [-0.2, 0) is 4.79 Å². The summed E-state index contributed by atoms with van der Waals surface area (Å²) in [7, 11) is 1.69. The smallest absolute Gasteiger partial charge is 0.270 e. The van der Waals surface area contributed by atoms with Gasteiger partial charge in [0.2, 0.25) is 5.89 Å². The number of likely N-dealkylation sites (tertiary alicyclic amines) is 1. The van der Waals surface area contributed by atoms with Crippen molar-refractivity contribution in [1.29, 1.82) is 0 Å². The van der Waals surface area contributed by atoms with Gasteiger partial charge in [0.25, 0.3) is 11.8 Å². The Morgan fingerprint density at radius 1 is 1.52 bits per heavy atom. The molecule has 0 saturated carbocycles. The summed E-state index contributed by atoms with van der Waals surface area (Å²) in [5.74, 6) is 2.51. The van der Waals surface area contributed by atoms with Crippen LogP contribution in [0.2, 0.25) is 0 Å². The van der Waals surface area contributed by atoms with Crippen molar-refractivity contribution < 1.29 is 19.1 Å². The van der Waals surface area contributed by atoms with E-state index in [1.807, 2.05) is 0 Å². The highest BCUT2D eigenvalue weighted by atomic mass is 16.4. The van der Waals surface area contributed by atoms with Crippen molar-refractivity contribution in [2.24, 2.45) is 5.73 Å². The van der Waals surface area contributed by atoms with E-state index in [0.29, 0.717) is 24.6 Å². The van der Waals surface area contributed by atoms with E-state index in [-0.39, 0.29) is 11.6 Å². The fourth-order valence-electron chi connectivity index (χ4n) is 2.29. The van der Waals surface area contributed by atoms with E-state index in [0.717, 1.165) is 11.1 Å². The molecule has 2 aromatic rings. The van der Waals surface area contributed by atoms with Crippen LogP contribution in [0.25, 0.3) is 11.5 Å². The standard InChI is InChI=1S/C13H10N2O2.C5H9NO2/c1-3-9-5-4-6-10(7-9)13-15-11(12(14)16)8(2)17-13;1-6-3-2-4(7)5(6)8/h1,4-7H,2H3,(H2,14,16);4,7H,2-3H2,1H3/t;4-/m.0/s1. The summed E-state index contributed by atoms with van der Waals surface area (Å²) in [6, 6.07) is 7.16. The molecule has 2 heterocycles. The van der Waals surface area contributed by atoms with E-state index in [2.05, 4.69) is 10.9 Å². The van der Waals surface area contributed by atoms with Crippen molar-refractivity contribution in [3.05, 3.63) is 41.3 Å². The Morgan fingerprint density at radius 3 is 2.68 bits per heavy atom. The Morgan fingerprint density at radius 2 is 2.24 bits per heavy atom. The minimum Gasteiger partial charge on any atom is -0.441 e. The second-order valence-electron chi connectivity index (χ2n) is 5.58. The molecule has 1 fully saturated rings. The molecule has 130 valence electrons. The van der Waals surface area contributed by atoms with Gasteiger partial charge in [0.05, 0.1) is 0 Å². The van der Waals surface area contributed by atoms with E-state index < -0.39 is 12.0 Å². The number of aromatic nitrogens is 1. The number of rotatable bonds is 2. The number of amides is 2. The third kappa shape index (κ3) is 4.25. The number of carbonyl (C=O) groups excluding carboxylic acids is 2. The Hall–Kier alpha value is -3.11. The zero-order chi connectivity index (χ0) is 18.6. The Labute approximate surface area is 145 Å². The van der Waals surface area contributed by atoms with Crippen molar-refractivity contribution in [3.8, 4) is 23.8 Å². The highest BCUT2D eigenvalue weighted by Crippen LogP contribution is 2.22. The zero-order valence-electron chi connectivity index (χ0n) is 14.0. The second kappa shape index (κ2) is 7.64. The van der Waals surface area contributed by atoms with E-state index in [1.165, 1.54) is 4.90 Å². The lowest BCUT2D eigenvalue weighted by atomic mass is 10.1. The molecule has 7 nitrogen and oxygen atoms in total. The summed E-state index contributed by atoms with van der Waals surface area (Å²) in [5, 5.41) is 8.78. The van der Waals surface area contributed by atoms with Crippen molar-refractivity contribution in [2.75, 3.05) is 13.6 Å². The molecule has 0 unspecified atom stereocenters. The van der Waals surface area contributed by atoms with Crippen LogP contribution >= 0.6 is 0 Å². The molecule has 0 bridgehead atoms. The first kappa shape index (κ1) is 18.2. The number of terminal acetylenes is 1. The van der Waals surface area contributed by atoms with Crippen molar-refractivity contribution in [3.63, 3.8) is 0 Å². The van der Waals surface area contributed by atoms with E-state index >= 15 is 0 Å². The van der Waals surface area contributed by atoms with Crippen molar-refractivity contribution in [1.82, 2.24) is 9.88 Å². The van der Waals surface area contributed by atoms with Gasteiger partial charge < -0.3 is 20.2 Å². The monoisotopic (exact) mass is 341 g/mol. The summed E-state index contributed by atoms with van der Waals surface area (Å²) in [6.45, 7) is 2.33. The summed E-state index contributed by atoms with van der Waals surface area (Å²) < 4.78 is 5.38. The van der Waals surface area contributed by atoms with Gasteiger partial charge in [-0.15, -0.1) is 6.42 Å². The van der Waals surface area contributed by atoms with Gasteiger partial charge in [0, 0.05) is 24.7 Å². The number of likely N-dealkylation sites (N-methyl/N-ethyl adjacent to an activating group) is 1. The normalized spacial score (nSPS) is 16.2. The molecule has 1 aromatic heterocycles. The quantitative estimate of drug-likeness (QED) is 0.790. The SMILES string of the molecule is C#Cc1cccc(-c2nc(C(N)=O)c(C)o2)c1.CN1CC[C@H](O)C1=O. The maximum absolute atomic E-state index is 11.1. The van der Waals surface area contributed by atoms with Gasteiger partial charge in [0.15, 0.2) is 5.69 Å². The Balaban J connectivity index is 0.000000236. The minimum absolute atomic E-state index is 0.145. The van der Waals surface area contributed by atoms with E-state index in [1.54, 1.807) is 38.2 Å². The number of hydrogen-bond donors (Lipinski definition) is 2. The van der Waals surface area contributed by atoms with Gasteiger partial charge in [0.1, 0.15) is 11.9 Å². The van der Waals surface area contributed by atoms with Gasteiger partial charge in [-0.1, -0.05) is 12.0 Å². The molecule has 1 aliphatic rings. The van der Waals surface area contributed by atoms with Gasteiger partial charge in [-0.25, -0.2) is 4.98 Å². The molecule has 25 heavy (non-hydrogen) atoms.